The highest BCUT2D eigenvalue weighted by Gasteiger charge is 2.12. The second-order valence-electron chi connectivity index (χ2n) is 3.86. The van der Waals surface area contributed by atoms with E-state index in [0.717, 1.165) is 0 Å². The zero-order chi connectivity index (χ0) is 12.7. The Morgan fingerprint density at radius 3 is 3.06 bits per heavy atom. The number of carbonyl (C=O) groups is 1. The van der Waals surface area contributed by atoms with Crippen LogP contribution in [0.4, 0.5) is 5.69 Å². The highest BCUT2D eigenvalue weighted by molar-refractivity contribution is 5.91. The predicted molar refractivity (Wildman–Crippen MR) is 63.8 cm³/mol. The van der Waals surface area contributed by atoms with Gasteiger partial charge in [0, 0.05) is 29.8 Å². The molecule has 2 heterocycles. The number of carbonyl (C=O) groups excluding carboxylic acids is 1. The van der Waals surface area contributed by atoms with E-state index in [0.29, 0.717) is 27.2 Å². The molecule has 7 heteroatoms. The van der Waals surface area contributed by atoms with E-state index < -0.39 is 0 Å². The molecule has 0 saturated carbocycles. The van der Waals surface area contributed by atoms with E-state index in [9.17, 15) is 10.0 Å². The minimum Gasteiger partial charge on any atom is -0.594 e. The summed E-state index contributed by atoms with van der Waals surface area (Å²) in [6.45, 7) is 1.42. The Morgan fingerprint density at radius 1 is 1.44 bits per heavy atom. The first-order valence-corrected chi connectivity index (χ1v) is 5.30. The zero-order valence-electron chi connectivity index (χ0n) is 9.49. The molecule has 1 aromatic carbocycles. The normalized spacial score (nSPS) is 10.9. The second-order valence-corrected chi connectivity index (χ2v) is 3.86. The molecule has 0 aliphatic heterocycles. The molecule has 0 bridgehead atoms. The Labute approximate surface area is 101 Å². The SMILES string of the molecule is CC(=O)Nc1ccc2c(c1)n1nccc1n[n+]2[O-]. The smallest absolute Gasteiger partial charge is 0.270 e. The van der Waals surface area contributed by atoms with Crippen molar-refractivity contribution in [2.24, 2.45) is 0 Å². The molecule has 7 nitrogen and oxygen atoms in total. The van der Waals surface area contributed by atoms with Gasteiger partial charge in [-0.25, -0.2) is 4.52 Å². The van der Waals surface area contributed by atoms with Crippen LogP contribution in [0, 0.1) is 5.21 Å². The lowest BCUT2D eigenvalue weighted by Gasteiger charge is -2.04. The summed E-state index contributed by atoms with van der Waals surface area (Å²) >= 11 is 0. The van der Waals surface area contributed by atoms with Gasteiger partial charge in [0.15, 0.2) is 0 Å². The van der Waals surface area contributed by atoms with Crippen LogP contribution in [-0.4, -0.2) is 20.6 Å². The minimum absolute atomic E-state index is 0.171. The number of fused-ring (bicyclic) bond motifs is 3. The molecule has 2 aromatic heterocycles. The van der Waals surface area contributed by atoms with Crippen LogP contribution >= 0.6 is 0 Å². The average Bonchev–Trinajstić information content (AvgIpc) is 2.76. The molecule has 0 atom stereocenters. The van der Waals surface area contributed by atoms with Crippen molar-refractivity contribution in [3.8, 4) is 0 Å². The van der Waals surface area contributed by atoms with Crippen molar-refractivity contribution >= 4 is 28.3 Å². The molecule has 3 rings (SSSR count). The van der Waals surface area contributed by atoms with Crippen molar-refractivity contribution in [1.29, 1.82) is 0 Å². The van der Waals surface area contributed by atoms with E-state index in [2.05, 4.69) is 15.5 Å². The van der Waals surface area contributed by atoms with Gasteiger partial charge in [-0.2, -0.15) is 5.10 Å². The van der Waals surface area contributed by atoms with Crippen LogP contribution in [0.3, 0.4) is 0 Å². The van der Waals surface area contributed by atoms with Crippen molar-refractivity contribution in [3.63, 3.8) is 0 Å². The third kappa shape index (κ3) is 1.53. The van der Waals surface area contributed by atoms with Crippen molar-refractivity contribution in [2.45, 2.75) is 6.92 Å². The summed E-state index contributed by atoms with van der Waals surface area (Å²) in [4.78, 5) is 11.6. The molecule has 1 N–H and O–H groups in total. The number of hydrogen-bond acceptors (Lipinski definition) is 4. The number of amides is 1. The van der Waals surface area contributed by atoms with Crippen molar-refractivity contribution < 1.29 is 9.64 Å². The van der Waals surface area contributed by atoms with Gasteiger partial charge in [0.25, 0.3) is 5.52 Å². The van der Waals surface area contributed by atoms with Gasteiger partial charge in [-0.05, 0) is 17.0 Å². The van der Waals surface area contributed by atoms with Crippen LogP contribution in [0.5, 0.6) is 0 Å². The van der Waals surface area contributed by atoms with Gasteiger partial charge < -0.3 is 10.5 Å². The number of nitrogens with zero attached hydrogens (tertiary/aromatic N) is 4. The van der Waals surface area contributed by atoms with E-state index in [-0.39, 0.29) is 5.91 Å². The fourth-order valence-corrected chi connectivity index (χ4v) is 1.84. The van der Waals surface area contributed by atoms with Crippen LogP contribution in [0.25, 0.3) is 16.7 Å². The zero-order valence-corrected chi connectivity index (χ0v) is 9.49. The Hall–Kier alpha value is -2.70. The van der Waals surface area contributed by atoms with Crippen LogP contribution in [0.15, 0.2) is 30.5 Å². The van der Waals surface area contributed by atoms with E-state index >= 15 is 0 Å². The maximum atomic E-state index is 11.7. The molecule has 1 amide bonds. The van der Waals surface area contributed by atoms with E-state index in [4.69, 9.17) is 0 Å². The maximum Gasteiger partial charge on any atom is 0.270 e. The number of rotatable bonds is 1. The van der Waals surface area contributed by atoms with Crippen LogP contribution in [0.1, 0.15) is 6.92 Å². The van der Waals surface area contributed by atoms with Gasteiger partial charge in [0.2, 0.25) is 11.6 Å². The first-order chi connectivity index (χ1) is 8.65. The quantitative estimate of drug-likeness (QED) is 0.497. The molecule has 0 saturated heterocycles. The summed E-state index contributed by atoms with van der Waals surface area (Å²) in [5.41, 5.74) is 2.04. The van der Waals surface area contributed by atoms with Gasteiger partial charge in [0.05, 0.1) is 6.20 Å². The molecular formula is C11H9N5O2. The monoisotopic (exact) mass is 243 g/mol. The number of aromatic nitrogens is 4. The standard InChI is InChI=1S/C11H9N5O2/c1-7(17)13-8-2-3-9-10(6-8)15-11(4-5-12-15)14-16(9)18/h2-6H,1H3,(H,13,17). The fourth-order valence-electron chi connectivity index (χ4n) is 1.84. The first kappa shape index (κ1) is 10.5. The lowest BCUT2D eigenvalue weighted by molar-refractivity contribution is -0.640. The lowest BCUT2D eigenvalue weighted by Crippen LogP contribution is -2.33. The molecule has 0 aliphatic rings. The van der Waals surface area contributed by atoms with E-state index in [1.165, 1.54) is 6.92 Å². The summed E-state index contributed by atoms with van der Waals surface area (Å²) in [6.07, 6.45) is 1.56. The summed E-state index contributed by atoms with van der Waals surface area (Å²) in [5, 5.41) is 22.3. The van der Waals surface area contributed by atoms with Crippen molar-refractivity contribution in [1.82, 2.24) is 14.7 Å². The molecule has 0 fully saturated rings. The van der Waals surface area contributed by atoms with Crippen molar-refractivity contribution in [3.05, 3.63) is 35.7 Å². The Bertz CT molecular complexity index is 765. The largest absolute Gasteiger partial charge is 0.594 e. The van der Waals surface area contributed by atoms with E-state index in [1.807, 2.05) is 0 Å². The van der Waals surface area contributed by atoms with E-state index in [1.54, 1.807) is 35.0 Å². The fraction of sp³-hybridized carbons (Fsp3) is 0.0909. The van der Waals surface area contributed by atoms with Crippen LogP contribution in [0.2, 0.25) is 0 Å². The third-order valence-corrected chi connectivity index (χ3v) is 2.55. The summed E-state index contributed by atoms with van der Waals surface area (Å²) in [5.74, 6) is -0.171. The molecule has 18 heavy (non-hydrogen) atoms. The van der Waals surface area contributed by atoms with Gasteiger partial charge >= 0.3 is 0 Å². The number of benzene rings is 1. The molecule has 90 valence electrons. The molecule has 3 aromatic rings. The summed E-state index contributed by atoms with van der Waals surface area (Å²) in [6, 6.07) is 6.57. The summed E-state index contributed by atoms with van der Waals surface area (Å²) < 4.78 is 1.55. The Balaban J connectivity index is 2.33. The number of anilines is 1. The minimum atomic E-state index is -0.171. The van der Waals surface area contributed by atoms with Crippen molar-refractivity contribution in [2.75, 3.05) is 5.32 Å². The number of hydrogen-bond donors (Lipinski definition) is 1. The number of nitrogens with one attached hydrogen (secondary N) is 1. The van der Waals surface area contributed by atoms with Crippen LogP contribution < -0.4 is 10.2 Å². The summed E-state index contributed by atoms with van der Waals surface area (Å²) in [7, 11) is 0. The lowest BCUT2D eigenvalue weighted by atomic mass is 10.2. The highest BCUT2D eigenvalue weighted by atomic mass is 16.5. The highest BCUT2D eigenvalue weighted by Crippen LogP contribution is 2.16. The average molecular weight is 243 g/mol. The topological polar surface area (TPSA) is 86.2 Å². The van der Waals surface area contributed by atoms with Gasteiger partial charge in [-0.1, -0.05) is 0 Å². The van der Waals surface area contributed by atoms with Crippen LogP contribution in [-0.2, 0) is 4.79 Å². The molecule has 0 unspecified atom stereocenters. The Morgan fingerprint density at radius 2 is 2.28 bits per heavy atom. The van der Waals surface area contributed by atoms with Gasteiger partial charge in [-0.15, -0.1) is 0 Å². The first-order valence-electron chi connectivity index (χ1n) is 5.30. The maximum absolute atomic E-state index is 11.7. The molecule has 0 spiro atoms. The molecule has 0 aliphatic carbocycles. The predicted octanol–water partition coefficient (Wildman–Crippen LogP) is 0.474. The van der Waals surface area contributed by atoms with Gasteiger partial charge in [0.1, 0.15) is 5.52 Å². The molecular weight excluding hydrogens is 234 g/mol. The van der Waals surface area contributed by atoms with Gasteiger partial charge in [-0.3, -0.25) is 4.79 Å². The third-order valence-electron chi connectivity index (χ3n) is 2.55. The second kappa shape index (κ2) is 3.66. The molecule has 0 radical (unpaired) electrons. The Kier molecular flexibility index (Phi) is 2.12.